The Hall–Kier alpha value is -2.14. The van der Waals surface area contributed by atoms with E-state index >= 15 is 0 Å². The third-order valence-corrected chi connectivity index (χ3v) is 3.29. The number of nitrogens with zero attached hydrogens (tertiary/aromatic N) is 1. The maximum Gasteiger partial charge on any atom is 0.276 e. The van der Waals surface area contributed by atoms with Gasteiger partial charge in [-0.2, -0.15) is 5.10 Å². The Bertz CT molecular complexity index is 618. The van der Waals surface area contributed by atoms with Crippen molar-refractivity contribution in [3.05, 3.63) is 46.8 Å². The molecular weight excluding hydrogens is 240 g/mol. The van der Waals surface area contributed by atoms with E-state index in [-0.39, 0.29) is 5.91 Å². The summed E-state index contributed by atoms with van der Waals surface area (Å²) in [5, 5.41) is 12.9. The summed E-state index contributed by atoms with van der Waals surface area (Å²) in [6, 6.07) is 7.79. The lowest BCUT2D eigenvalue weighted by molar-refractivity contribution is 0.102. The van der Waals surface area contributed by atoms with Crippen molar-refractivity contribution in [3.63, 3.8) is 0 Å². The van der Waals surface area contributed by atoms with Crippen LogP contribution in [0.3, 0.4) is 0 Å². The normalized spacial score (nSPS) is 13.9. The van der Waals surface area contributed by atoms with Crippen LogP contribution in [-0.4, -0.2) is 22.6 Å². The number of amides is 1. The number of carbonyl (C=O) groups excluding carboxylic acids is 1. The molecule has 1 amide bonds. The lowest BCUT2D eigenvalue weighted by Gasteiger charge is -2.17. The molecule has 0 aliphatic carbocycles. The second kappa shape index (κ2) is 4.85. The topological polar surface area (TPSA) is 69.8 Å². The second-order valence-corrected chi connectivity index (χ2v) is 4.80. The zero-order chi connectivity index (χ0) is 13.2. The van der Waals surface area contributed by atoms with Crippen molar-refractivity contribution in [2.45, 2.75) is 19.9 Å². The van der Waals surface area contributed by atoms with Gasteiger partial charge in [-0.05, 0) is 49.2 Å². The van der Waals surface area contributed by atoms with E-state index < -0.39 is 0 Å². The molecule has 3 rings (SSSR count). The number of benzene rings is 1. The summed E-state index contributed by atoms with van der Waals surface area (Å²) in [5.41, 5.74) is 4.70. The van der Waals surface area contributed by atoms with Crippen LogP contribution in [-0.2, 0) is 13.0 Å². The first-order valence-corrected chi connectivity index (χ1v) is 6.38. The van der Waals surface area contributed by atoms with Gasteiger partial charge in [-0.25, -0.2) is 0 Å². The van der Waals surface area contributed by atoms with Crippen molar-refractivity contribution >= 4 is 11.6 Å². The molecule has 5 nitrogen and oxygen atoms in total. The predicted molar refractivity (Wildman–Crippen MR) is 73.1 cm³/mol. The summed E-state index contributed by atoms with van der Waals surface area (Å²) >= 11 is 0. The van der Waals surface area contributed by atoms with Gasteiger partial charge in [0.1, 0.15) is 0 Å². The molecule has 2 aromatic rings. The first-order valence-electron chi connectivity index (χ1n) is 6.38. The third-order valence-electron chi connectivity index (χ3n) is 3.29. The Labute approximate surface area is 111 Å². The van der Waals surface area contributed by atoms with Gasteiger partial charge in [-0.3, -0.25) is 9.89 Å². The summed E-state index contributed by atoms with van der Waals surface area (Å²) in [7, 11) is 0. The molecule has 5 heteroatoms. The molecule has 19 heavy (non-hydrogen) atoms. The number of anilines is 1. The fraction of sp³-hybridized carbons (Fsp3) is 0.286. The number of aromatic nitrogens is 2. The zero-order valence-corrected chi connectivity index (χ0v) is 10.8. The molecule has 0 radical (unpaired) electrons. The van der Waals surface area contributed by atoms with Gasteiger partial charge >= 0.3 is 0 Å². The van der Waals surface area contributed by atoms with Crippen molar-refractivity contribution < 1.29 is 4.79 Å². The van der Waals surface area contributed by atoms with Crippen molar-refractivity contribution in [2.24, 2.45) is 0 Å². The highest BCUT2D eigenvalue weighted by atomic mass is 16.1. The van der Waals surface area contributed by atoms with E-state index in [4.69, 9.17) is 0 Å². The lowest BCUT2D eigenvalue weighted by Crippen LogP contribution is -2.23. The molecule has 0 saturated heterocycles. The van der Waals surface area contributed by atoms with Crippen LogP contribution in [0.25, 0.3) is 0 Å². The summed E-state index contributed by atoms with van der Waals surface area (Å²) in [6.45, 7) is 3.75. The molecule has 1 aromatic heterocycles. The quantitative estimate of drug-likeness (QED) is 0.764. The van der Waals surface area contributed by atoms with Crippen LogP contribution in [0.1, 0.15) is 27.3 Å². The minimum atomic E-state index is -0.187. The number of aryl methyl sites for hydroxylation is 1. The Balaban J connectivity index is 1.78. The molecule has 1 aromatic carbocycles. The fourth-order valence-corrected chi connectivity index (χ4v) is 2.29. The number of H-pyrrole nitrogens is 1. The van der Waals surface area contributed by atoms with E-state index in [0.29, 0.717) is 5.69 Å². The monoisotopic (exact) mass is 256 g/mol. The smallest absolute Gasteiger partial charge is 0.276 e. The Morgan fingerprint density at radius 2 is 2.21 bits per heavy atom. The van der Waals surface area contributed by atoms with Gasteiger partial charge in [0, 0.05) is 17.9 Å². The van der Waals surface area contributed by atoms with E-state index in [2.05, 4.69) is 26.9 Å². The molecular formula is C14H16N4O. The first-order chi connectivity index (χ1) is 9.22. The number of fused-ring (bicyclic) bond motifs is 1. The molecule has 3 N–H and O–H groups in total. The summed E-state index contributed by atoms with van der Waals surface area (Å²) in [4.78, 5) is 12.0. The van der Waals surface area contributed by atoms with E-state index in [0.717, 1.165) is 30.9 Å². The SMILES string of the molecule is Cc1cc(C(=O)Nc2ccc3c(c2)CNCC3)n[nH]1. The maximum atomic E-state index is 12.0. The Morgan fingerprint density at radius 3 is 3.00 bits per heavy atom. The molecule has 0 spiro atoms. The summed E-state index contributed by atoms with van der Waals surface area (Å²) in [6.07, 6.45) is 1.04. The number of carbonyl (C=O) groups is 1. The molecule has 0 fully saturated rings. The highest BCUT2D eigenvalue weighted by molar-refractivity contribution is 6.02. The Morgan fingerprint density at radius 1 is 1.32 bits per heavy atom. The van der Waals surface area contributed by atoms with Gasteiger partial charge in [0.25, 0.3) is 5.91 Å². The van der Waals surface area contributed by atoms with Crippen molar-refractivity contribution in [1.29, 1.82) is 0 Å². The first kappa shape index (κ1) is 11.9. The van der Waals surface area contributed by atoms with E-state index in [9.17, 15) is 4.79 Å². The minimum absolute atomic E-state index is 0.187. The largest absolute Gasteiger partial charge is 0.321 e. The summed E-state index contributed by atoms with van der Waals surface area (Å²) in [5.74, 6) is -0.187. The molecule has 0 bridgehead atoms. The van der Waals surface area contributed by atoms with E-state index in [1.54, 1.807) is 6.07 Å². The molecule has 2 heterocycles. The third kappa shape index (κ3) is 2.51. The number of rotatable bonds is 2. The second-order valence-electron chi connectivity index (χ2n) is 4.80. The van der Waals surface area contributed by atoms with Crippen LogP contribution in [0.2, 0.25) is 0 Å². The van der Waals surface area contributed by atoms with Crippen molar-refractivity contribution in [2.75, 3.05) is 11.9 Å². The molecule has 1 aliphatic heterocycles. The van der Waals surface area contributed by atoms with Gasteiger partial charge in [0.15, 0.2) is 5.69 Å². The van der Waals surface area contributed by atoms with Gasteiger partial charge in [0.2, 0.25) is 0 Å². The van der Waals surface area contributed by atoms with Crippen LogP contribution in [0.5, 0.6) is 0 Å². The zero-order valence-electron chi connectivity index (χ0n) is 10.8. The standard InChI is InChI=1S/C14H16N4O/c1-9-6-13(18-17-9)14(19)16-12-3-2-10-4-5-15-8-11(10)7-12/h2-3,6-7,15H,4-5,8H2,1H3,(H,16,19)(H,17,18). The van der Waals surface area contributed by atoms with Crippen LogP contribution >= 0.6 is 0 Å². The van der Waals surface area contributed by atoms with Crippen LogP contribution in [0.4, 0.5) is 5.69 Å². The molecule has 0 atom stereocenters. The molecule has 0 unspecified atom stereocenters. The van der Waals surface area contributed by atoms with Gasteiger partial charge in [0.05, 0.1) is 0 Å². The van der Waals surface area contributed by atoms with Crippen LogP contribution < -0.4 is 10.6 Å². The van der Waals surface area contributed by atoms with Gasteiger partial charge < -0.3 is 10.6 Å². The fourth-order valence-electron chi connectivity index (χ4n) is 2.29. The van der Waals surface area contributed by atoms with E-state index in [1.165, 1.54) is 11.1 Å². The minimum Gasteiger partial charge on any atom is -0.321 e. The highest BCUT2D eigenvalue weighted by Gasteiger charge is 2.12. The number of hydrogen-bond donors (Lipinski definition) is 3. The molecule has 98 valence electrons. The van der Waals surface area contributed by atoms with Gasteiger partial charge in [-0.1, -0.05) is 6.07 Å². The average molecular weight is 256 g/mol. The Kier molecular flexibility index (Phi) is 3.05. The van der Waals surface area contributed by atoms with Crippen LogP contribution in [0, 0.1) is 6.92 Å². The van der Waals surface area contributed by atoms with Gasteiger partial charge in [-0.15, -0.1) is 0 Å². The van der Waals surface area contributed by atoms with Crippen molar-refractivity contribution in [1.82, 2.24) is 15.5 Å². The van der Waals surface area contributed by atoms with Crippen molar-refractivity contribution in [3.8, 4) is 0 Å². The molecule has 1 aliphatic rings. The predicted octanol–water partition coefficient (Wildman–Crippen LogP) is 1.62. The molecule has 0 saturated carbocycles. The van der Waals surface area contributed by atoms with E-state index in [1.807, 2.05) is 19.1 Å². The number of aromatic amines is 1. The number of hydrogen-bond acceptors (Lipinski definition) is 3. The average Bonchev–Trinajstić information content (AvgIpc) is 2.85. The lowest BCUT2D eigenvalue weighted by atomic mass is 10.0. The highest BCUT2D eigenvalue weighted by Crippen LogP contribution is 2.19. The summed E-state index contributed by atoms with van der Waals surface area (Å²) < 4.78 is 0. The number of nitrogens with one attached hydrogen (secondary N) is 3. The maximum absolute atomic E-state index is 12.0. The van der Waals surface area contributed by atoms with Crippen LogP contribution in [0.15, 0.2) is 24.3 Å².